The molecule has 3 aromatic rings. The molecular formula is C19H24IN5OS. The van der Waals surface area contributed by atoms with Gasteiger partial charge in [-0.05, 0) is 5.92 Å². The second-order valence-electron chi connectivity index (χ2n) is 6.14. The van der Waals surface area contributed by atoms with E-state index in [2.05, 4.69) is 57.1 Å². The Morgan fingerprint density at radius 1 is 1.19 bits per heavy atom. The van der Waals surface area contributed by atoms with Crippen molar-refractivity contribution in [3.8, 4) is 11.3 Å². The van der Waals surface area contributed by atoms with E-state index in [1.807, 2.05) is 24.3 Å². The smallest absolute Gasteiger partial charge is 0.191 e. The van der Waals surface area contributed by atoms with Crippen LogP contribution in [0.4, 0.5) is 0 Å². The van der Waals surface area contributed by atoms with Crippen LogP contribution in [-0.4, -0.2) is 23.1 Å². The Bertz CT molecular complexity index is 860. The van der Waals surface area contributed by atoms with Gasteiger partial charge in [-0.15, -0.1) is 35.3 Å². The fourth-order valence-corrected chi connectivity index (χ4v) is 3.11. The maximum atomic E-state index is 5.33. The first-order valence-corrected chi connectivity index (χ1v) is 9.43. The van der Waals surface area contributed by atoms with Crippen LogP contribution in [0.5, 0.6) is 0 Å². The van der Waals surface area contributed by atoms with Crippen LogP contribution in [0.1, 0.15) is 36.2 Å². The van der Waals surface area contributed by atoms with Gasteiger partial charge in [-0.25, -0.2) is 4.98 Å². The van der Waals surface area contributed by atoms with Crippen LogP contribution in [0, 0.1) is 0 Å². The molecule has 0 saturated heterocycles. The normalized spacial score (nSPS) is 11.3. The van der Waals surface area contributed by atoms with Gasteiger partial charge in [0.05, 0.1) is 24.5 Å². The van der Waals surface area contributed by atoms with Crippen molar-refractivity contribution in [1.82, 2.24) is 20.8 Å². The molecule has 8 heteroatoms. The second kappa shape index (κ2) is 10.4. The largest absolute Gasteiger partial charge is 0.359 e. The lowest BCUT2D eigenvalue weighted by Gasteiger charge is -2.09. The summed E-state index contributed by atoms with van der Waals surface area (Å²) in [5, 5.41) is 13.6. The zero-order valence-corrected chi connectivity index (χ0v) is 18.7. The number of nitrogens with one attached hydrogen (secondary N) is 2. The molecule has 2 N–H and O–H groups in total. The van der Waals surface area contributed by atoms with Crippen LogP contribution in [0.3, 0.4) is 0 Å². The third kappa shape index (κ3) is 6.03. The number of aromatic nitrogens is 2. The van der Waals surface area contributed by atoms with E-state index in [1.54, 1.807) is 18.4 Å². The summed E-state index contributed by atoms with van der Waals surface area (Å²) >= 11 is 1.63. The van der Waals surface area contributed by atoms with Crippen molar-refractivity contribution in [1.29, 1.82) is 0 Å². The summed E-state index contributed by atoms with van der Waals surface area (Å²) in [5.74, 6) is 1.84. The summed E-state index contributed by atoms with van der Waals surface area (Å²) in [7, 11) is 1.74. The highest BCUT2D eigenvalue weighted by Gasteiger charge is 2.09. The number of hydrogen-bond acceptors (Lipinski definition) is 5. The predicted molar refractivity (Wildman–Crippen MR) is 121 cm³/mol. The van der Waals surface area contributed by atoms with Crippen LogP contribution in [0.2, 0.25) is 0 Å². The highest BCUT2D eigenvalue weighted by Crippen LogP contribution is 2.21. The van der Waals surface area contributed by atoms with Gasteiger partial charge >= 0.3 is 0 Å². The minimum Gasteiger partial charge on any atom is -0.359 e. The van der Waals surface area contributed by atoms with Crippen molar-refractivity contribution < 1.29 is 4.52 Å². The Balaban J connectivity index is 0.00000261. The Morgan fingerprint density at radius 3 is 2.59 bits per heavy atom. The van der Waals surface area contributed by atoms with E-state index in [1.165, 1.54) is 0 Å². The molecule has 144 valence electrons. The quantitative estimate of drug-likeness (QED) is 0.300. The molecule has 0 fully saturated rings. The fraction of sp³-hybridized carbons (Fsp3) is 0.316. The topological polar surface area (TPSA) is 75.3 Å². The number of guanidine groups is 1. The van der Waals surface area contributed by atoms with Crippen LogP contribution >= 0.6 is 35.3 Å². The van der Waals surface area contributed by atoms with Crippen LogP contribution in [0.15, 0.2) is 51.3 Å². The van der Waals surface area contributed by atoms with Crippen molar-refractivity contribution in [3.63, 3.8) is 0 Å². The maximum Gasteiger partial charge on any atom is 0.191 e. The predicted octanol–water partition coefficient (Wildman–Crippen LogP) is 4.40. The van der Waals surface area contributed by atoms with Gasteiger partial charge in [-0.1, -0.05) is 49.3 Å². The molecule has 0 aliphatic heterocycles. The highest BCUT2D eigenvalue weighted by atomic mass is 127. The van der Waals surface area contributed by atoms with E-state index < -0.39 is 0 Å². The summed E-state index contributed by atoms with van der Waals surface area (Å²) in [6.07, 6.45) is 0. The summed E-state index contributed by atoms with van der Waals surface area (Å²) in [6, 6.07) is 12.1. The number of halogens is 1. The van der Waals surface area contributed by atoms with Crippen molar-refractivity contribution in [2.45, 2.75) is 32.9 Å². The standard InChI is InChI=1S/C19H23N5OS.HI/c1-13(2)16-9-15(25-24-16)10-21-19(20-3)22-11-18-23-17(12-26-18)14-7-5-4-6-8-14;/h4-9,12-13H,10-11H2,1-3H3,(H2,20,21,22);1H. The molecule has 0 amide bonds. The number of thiazole rings is 1. The molecule has 0 saturated carbocycles. The number of benzene rings is 1. The third-order valence-corrected chi connectivity index (χ3v) is 4.70. The van der Waals surface area contributed by atoms with E-state index in [0.29, 0.717) is 25.0 Å². The average molecular weight is 497 g/mol. The molecule has 0 aliphatic rings. The number of aliphatic imine (C=N–C) groups is 1. The van der Waals surface area contributed by atoms with Crippen molar-refractivity contribution in [2.75, 3.05) is 7.05 Å². The monoisotopic (exact) mass is 497 g/mol. The molecule has 3 rings (SSSR count). The Morgan fingerprint density at radius 2 is 1.93 bits per heavy atom. The van der Waals surface area contributed by atoms with E-state index in [9.17, 15) is 0 Å². The van der Waals surface area contributed by atoms with Gasteiger partial charge in [-0.2, -0.15) is 0 Å². The van der Waals surface area contributed by atoms with Crippen LogP contribution in [0.25, 0.3) is 11.3 Å². The number of nitrogens with zero attached hydrogens (tertiary/aromatic N) is 3. The fourth-order valence-electron chi connectivity index (χ4n) is 2.37. The van der Waals surface area contributed by atoms with Gasteiger partial charge in [0.2, 0.25) is 0 Å². The van der Waals surface area contributed by atoms with Gasteiger partial charge in [0.25, 0.3) is 0 Å². The minimum absolute atomic E-state index is 0. The first-order valence-electron chi connectivity index (χ1n) is 8.55. The molecule has 0 radical (unpaired) electrons. The highest BCUT2D eigenvalue weighted by molar-refractivity contribution is 14.0. The Hall–Kier alpha value is -1.94. The van der Waals surface area contributed by atoms with Gasteiger partial charge in [-0.3, -0.25) is 4.99 Å². The Kier molecular flexibility index (Phi) is 8.23. The van der Waals surface area contributed by atoms with Crippen LogP contribution < -0.4 is 10.6 Å². The average Bonchev–Trinajstić information content (AvgIpc) is 3.32. The van der Waals surface area contributed by atoms with Gasteiger partial charge < -0.3 is 15.2 Å². The summed E-state index contributed by atoms with van der Waals surface area (Å²) in [6.45, 7) is 5.33. The zero-order chi connectivity index (χ0) is 18.4. The number of rotatable bonds is 6. The van der Waals surface area contributed by atoms with Gasteiger partial charge in [0, 0.05) is 24.1 Å². The molecule has 1 aromatic carbocycles. The lowest BCUT2D eigenvalue weighted by atomic mass is 10.1. The third-order valence-electron chi connectivity index (χ3n) is 3.85. The molecule has 0 aliphatic carbocycles. The molecule has 0 unspecified atom stereocenters. The van der Waals surface area contributed by atoms with E-state index in [0.717, 1.165) is 27.7 Å². The van der Waals surface area contributed by atoms with Gasteiger partial charge in [0.1, 0.15) is 5.01 Å². The lowest BCUT2D eigenvalue weighted by molar-refractivity contribution is 0.372. The molecule has 0 atom stereocenters. The summed E-state index contributed by atoms with van der Waals surface area (Å²) in [5.41, 5.74) is 3.09. The molecule has 0 spiro atoms. The van der Waals surface area contributed by atoms with E-state index >= 15 is 0 Å². The van der Waals surface area contributed by atoms with E-state index in [4.69, 9.17) is 4.52 Å². The molecule has 27 heavy (non-hydrogen) atoms. The lowest BCUT2D eigenvalue weighted by Crippen LogP contribution is -2.36. The molecule has 2 heterocycles. The van der Waals surface area contributed by atoms with Gasteiger partial charge in [0.15, 0.2) is 11.7 Å². The van der Waals surface area contributed by atoms with Crippen molar-refractivity contribution in [3.05, 3.63) is 58.2 Å². The molecular weight excluding hydrogens is 473 g/mol. The molecule has 6 nitrogen and oxygen atoms in total. The van der Waals surface area contributed by atoms with Crippen LogP contribution in [-0.2, 0) is 13.1 Å². The first-order chi connectivity index (χ1) is 12.7. The Labute approximate surface area is 180 Å². The zero-order valence-electron chi connectivity index (χ0n) is 15.6. The number of hydrogen-bond donors (Lipinski definition) is 2. The minimum atomic E-state index is 0. The first kappa shape index (κ1) is 21.4. The molecule has 0 bridgehead atoms. The SMILES string of the molecule is CN=C(NCc1cc(C(C)C)no1)NCc1nc(-c2ccccc2)cs1.I. The van der Waals surface area contributed by atoms with Crippen molar-refractivity contribution >= 4 is 41.3 Å². The van der Waals surface area contributed by atoms with E-state index in [-0.39, 0.29) is 24.0 Å². The maximum absolute atomic E-state index is 5.33. The molecule has 2 aromatic heterocycles. The summed E-state index contributed by atoms with van der Waals surface area (Å²) in [4.78, 5) is 8.91. The van der Waals surface area contributed by atoms with Crippen molar-refractivity contribution in [2.24, 2.45) is 4.99 Å². The summed E-state index contributed by atoms with van der Waals surface area (Å²) < 4.78 is 5.33. The second-order valence-corrected chi connectivity index (χ2v) is 7.09.